The predicted molar refractivity (Wildman–Crippen MR) is 316 cm³/mol. The van der Waals surface area contributed by atoms with Crippen LogP contribution in [-0.2, 0) is 28.6 Å². The van der Waals surface area contributed by atoms with Crippen LogP contribution in [0.25, 0.3) is 0 Å². The molecule has 6 nitrogen and oxygen atoms in total. The summed E-state index contributed by atoms with van der Waals surface area (Å²) in [6, 6.07) is 0. The Labute approximate surface area is 451 Å². The highest BCUT2D eigenvalue weighted by Crippen LogP contribution is 2.15. The van der Waals surface area contributed by atoms with Gasteiger partial charge < -0.3 is 14.2 Å². The highest BCUT2D eigenvalue weighted by molar-refractivity contribution is 5.71. The molecule has 1 unspecified atom stereocenters. The topological polar surface area (TPSA) is 78.9 Å². The van der Waals surface area contributed by atoms with E-state index in [1.165, 1.54) is 167 Å². The van der Waals surface area contributed by atoms with Crippen molar-refractivity contribution in [3.63, 3.8) is 0 Å². The molecule has 0 aliphatic heterocycles. The van der Waals surface area contributed by atoms with Crippen LogP contribution in [0.4, 0.5) is 0 Å². The number of unbranched alkanes of at least 4 members (excludes halogenated alkanes) is 28. The second-order valence-corrected chi connectivity index (χ2v) is 20.2. The van der Waals surface area contributed by atoms with Crippen LogP contribution in [0.1, 0.15) is 290 Å². The van der Waals surface area contributed by atoms with Crippen LogP contribution in [-0.4, -0.2) is 37.2 Å². The molecule has 0 spiro atoms. The summed E-state index contributed by atoms with van der Waals surface area (Å²) >= 11 is 0. The first-order chi connectivity index (χ1) is 36.0. The Bertz CT molecular complexity index is 1440. The summed E-state index contributed by atoms with van der Waals surface area (Å²) in [4.78, 5) is 38.2. The second kappa shape index (κ2) is 60.9. The smallest absolute Gasteiger partial charge is 0.306 e. The monoisotopic (exact) mass is 1010 g/mol. The number of ether oxygens (including phenoxy) is 3. The van der Waals surface area contributed by atoms with Crippen LogP contribution in [0, 0.1) is 0 Å². The molecule has 0 heterocycles. The van der Waals surface area contributed by atoms with Gasteiger partial charge in [-0.05, 0) is 109 Å². The van der Waals surface area contributed by atoms with E-state index in [1.807, 2.05) is 6.08 Å². The first kappa shape index (κ1) is 69.3. The normalized spacial score (nSPS) is 12.8. The van der Waals surface area contributed by atoms with Crippen LogP contribution in [0.3, 0.4) is 0 Å². The van der Waals surface area contributed by atoms with Crippen molar-refractivity contribution in [3.05, 3.63) is 97.2 Å². The number of hydrogen-bond donors (Lipinski definition) is 0. The summed E-state index contributed by atoms with van der Waals surface area (Å²) in [6.45, 7) is 6.47. The first-order valence-electron chi connectivity index (χ1n) is 30.7. The summed E-state index contributed by atoms with van der Waals surface area (Å²) in [5.41, 5.74) is 0. The summed E-state index contributed by atoms with van der Waals surface area (Å²) in [5, 5.41) is 0. The van der Waals surface area contributed by atoms with Crippen LogP contribution >= 0.6 is 0 Å². The minimum absolute atomic E-state index is 0.103. The second-order valence-electron chi connectivity index (χ2n) is 20.2. The number of esters is 3. The van der Waals surface area contributed by atoms with E-state index in [0.29, 0.717) is 19.3 Å². The van der Waals surface area contributed by atoms with Crippen LogP contribution in [0.5, 0.6) is 0 Å². The van der Waals surface area contributed by atoms with Gasteiger partial charge in [-0.2, -0.15) is 0 Å². The average Bonchev–Trinajstić information content (AvgIpc) is 3.39. The molecule has 0 rings (SSSR count). The molecule has 0 aliphatic carbocycles. The summed E-state index contributed by atoms with van der Waals surface area (Å²) < 4.78 is 16.8. The standard InChI is InChI=1S/C67H114O6/c1-4-7-10-13-16-19-22-25-28-31-33-36-39-42-45-48-51-54-57-60-66(69)72-63-64(62-71-65(68)59-56-53-50-47-44-41-38-35-30-27-24-21-18-15-12-9-6-3)73-67(70)61-58-55-52-49-46-43-40-37-34-32-29-26-23-20-17-14-11-8-5-2/h7,10,16,19,25-30,33,36,42,45,51,54,64H,4-6,8-9,11-15,17-18,20-24,31-32,34-35,37-41,43-44,46-50,52-53,55-63H2,1-3H3/b10-7-,19-16-,28-25-,29-26-,30-27-,36-33-,45-42-,54-51-. The number of carbonyl (C=O) groups is 3. The fourth-order valence-corrected chi connectivity index (χ4v) is 8.46. The van der Waals surface area contributed by atoms with E-state index in [-0.39, 0.29) is 37.5 Å². The molecule has 0 saturated carbocycles. The summed E-state index contributed by atoms with van der Waals surface area (Å²) in [7, 11) is 0. The predicted octanol–water partition coefficient (Wildman–Crippen LogP) is 20.9. The number of rotatable bonds is 55. The van der Waals surface area contributed by atoms with Gasteiger partial charge in [-0.3, -0.25) is 14.4 Å². The van der Waals surface area contributed by atoms with Gasteiger partial charge in [0.2, 0.25) is 0 Å². The number of hydrogen-bond acceptors (Lipinski definition) is 6. The molecule has 0 aromatic carbocycles. The summed E-state index contributed by atoms with van der Waals surface area (Å²) in [5.74, 6) is -0.990. The van der Waals surface area contributed by atoms with E-state index in [2.05, 4.69) is 112 Å². The SMILES string of the molecule is CC/C=C\C/C=C\C/C=C\C/C=C\C/C=C\C/C=C\CCC(=O)OCC(COC(=O)CCCCCCCCC/C=C\CCCCCCCC)OC(=O)CCCCCCCCCCC/C=C\CCCCCCCC. The Morgan fingerprint density at radius 3 is 0.918 bits per heavy atom. The molecule has 0 aromatic rings. The molecule has 0 fully saturated rings. The molecule has 0 amide bonds. The maximum atomic E-state index is 12.9. The Hall–Kier alpha value is -3.67. The van der Waals surface area contributed by atoms with Gasteiger partial charge in [0.25, 0.3) is 0 Å². The van der Waals surface area contributed by atoms with E-state index in [0.717, 1.165) is 77.0 Å². The van der Waals surface area contributed by atoms with E-state index in [4.69, 9.17) is 14.2 Å². The molecule has 0 aliphatic rings. The Morgan fingerprint density at radius 2 is 0.562 bits per heavy atom. The Balaban J connectivity index is 4.49. The van der Waals surface area contributed by atoms with Gasteiger partial charge >= 0.3 is 17.9 Å². The van der Waals surface area contributed by atoms with Crippen molar-refractivity contribution in [2.45, 2.75) is 297 Å². The maximum absolute atomic E-state index is 12.9. The van der Waals surface area contributed by atoms with Gasteiger partial charge in [-0.1, -0.05) is 259 Å². The average molecular weight is 1020 g/mol. The van der Waals surface area contributed by atoms with Gasteiger partial charge in [0.1, 0.15) is 13.2 Å². The highest BCUT2D eigenvalue weighted by atomic mass is 16.6. The molecule has 6 heteroatoms. The molecule has 0 aromatic heterocycles. The third-order valence-corrected chi connectivity index (χ3v) is 13.1. The molecular formula is C67H114O6. The minimum Gasteiger partial charge on any atom is -0.462 e. The molecule has 0 radical (unpaired) electrons. The van der Waals surface area contributed by atoms with Gasteiger partial charge in [0, 0.05) is 19.3 Å². The van der Waals surface area contributed by atoms with Gasteiger partial charge in [0.05, 0.1) is 0 Å². The lowest BCUT2D eigenvalue weighted by Crippen LogP contribution is -2.30. The van der Waals surface area contributed by atoms with E-state index in [9.17, 15) is 14.4 Å². The quantitative estimate of drug-likeness (QED) is 0.0261. The van der Waals surface area contributed by atoms with Crippen molar-refractivity contribution in [1.29, 1.82) is 0 Å². The molecule has 418 valence electrons. The largest absolute Gasteiger partial charge is 0.462 e. The lowest BCUT2D eigenvalue weighted by Gasteiger charge is -2.18. The van der Waals surface area contributed by atoms with Crippen molar-refractivity contribution in [2.75, 3.05) is 13.2 Å². The lowest BCUT2D eigenvalue weighted by atomic mass is 10.1. The first-order valence-corrected chi connectivity index (χ1v) is 30.7. The molecular weight excluding hydrogens is 901 g/mol. The fourth-order valence-electron chi connectivity index (χ4n) is 8.46. The minimum atomic E-state index is -0.813. The number of allylic oxidation sites excluding steroid dienone is 16. The molecule has 0 bridgehead atoms. The van der Waals surface area contributed by atoms with Crippen LogP contribution in [0.2, 0.25) is 0 Å². The third kappa shape index (κ3) is 59.1. The van der Waals surface area contributed by atoms with Crippen molar-refractivity contribution in [1.82, 2.24) is 0 Å². The highest BCUT2D eigenvalue weighted by Gasteiger charge is 2.19. The van der Waals surface area contributed by atoms with Gasteiger partial charge in [-0.15, -0.1) is 0 Å². The maximum Gasteiger partial charge on any atom is 0.306 e. The van der Waals surface area contributed by atoms with Crippen LogP contribution in [0.15, 0.2) is 97.2 Å². The Morgan fingerprint density at radius 1 is 0.288 bits per heavy atom. The van der Waals surface area contributed by atoms with Crippen molar-refractivity contribution < 1.29 is 28.6 Å². The van der Waals surface area contributed by atoms with E-state index < -0.39 is 6.10 Å². The van der Waals surface area contributed by atoms with Crippen molar-refractivity contribution in [3.8, 4) is 0 Å². The van der Waals surface area contributed by atoms with Crippen molar-refractivity contribution >= 4 is 17.9 Å². The molecule has 73 heavy (non-hydrogen) atoms. The van der Waals surface area contributed by atoms with E-state index in [1.54, 1.807) is 0 Å². The van der Waals surface area contributed by atoms with Crippen LogP contribution < -0.4 is 0 Å². The summed E-state index contributed by atoms with van der Waals surface area (Å²) in [6.07, 6.45) is 81.3. The van der Waals surface area contributed by atoms with Crippen molar-refractivity contribution in [2.24, 2.45) is 0 Å². The lowest BCUT2D eigenvalue weighted by molar-refractivity contribution is -0.166. The number of carbonyl (C=O) groups excluding carboxylic acids is 3. The fraction of sp³-hybridized carbons (Fsp3) is 0.716. The van der Waals surface area contributed by atoms with E-state index >= 15 is 0 Å². The third-order valence-electron chi connectivity index (χ3n) is 13.1. The zero-order valence-corrected chi connectivity index (χ0v) is 47.9. The zero-order valence-electron chi connectivity index (χ0n) is 47.9. The molecule has 0 N–H and O–H groups in total. The van der Waals surface area contributed by atoms with Gasteiger partial charge in [0.15, 0.2) is 6.10 Å². The zero-order chi connectivity index (χ0) is 52.9. The molecule has 1 atom stereocenters. The van der Waals surface area contributed by atoms with Gasteiger partial charge in [-0.25, -0.2) is 0 Å². The molecule has 0 saturated heterocycles. The Kier molecular flexibility index (Phi) is 57.8.